The predicted molar refractivity (Wildman–Crippen MR) is 125 cm³/mol. The Morgan fingerprint density at radius 1 is 0.971 bits per heavy atom. The van der Waals surface area contributed by atoms with E-state index < -0.39 is 35.9 Å². The highest BCUT2D eigenvalue weighted by Gasteiger charge is 2.32. The Hall–Kier alpha value is -4.14. The van der Waals surface area contributed by atoms with Gasteiger partial charge in [0.15, 0.2) is 0 Å². The largest absolute Gasteiger partial charge is 0.480 e. The fourth-order valence-electron chi connectivity index (χ4n) is 4.13. The molecule has 34 heavy (non-hydrogen) atoms. The second kappa shape index (κ2) is 10.2. The Balaban J connectivity index is 1.54. The van der Waals surface area contributed by atoms with Gasteiger partial charge in [0.2, 0.25) is 17.7 Å². The number of carbonyl (C=O) groups excluding carboxylic acids is 3. The summed E-state index contributed by atoms with van der Waals surface area (Å²) in [7, 11) is 0. The highest BCUT2D eigenvalue weighted by molar-refractivity contribution is 5.95. The monoisotopic (exact) mass is 462 g/mol. The van der Waals surface area contributed by atoms with E-state index in [9.17, 15) is 24.3 Å². The minimum Gasteiger partial charge on any atom is -0.480 e. The lowest BCUT2D eigenvalue weighted by atomic mass is 10.0. The highest BCUT2D eigenvalue weighted by atomic mass is 16.4. The van der Waals surface area contributed by atoms with Crippen LogP contribution in [0.5, 0.6) is 0 Å². The van der Waals surface area contributed by atoms with Crippen molar-refractivity contribution in [2.75, 3.05) is 0 Å². The fourth-order valence-corrected chi connectivity index (χ4v) is 4.13. The Morgan fingerprint density at radius 2 is 1.71 bits per heavy atom. The minimum atomic E-state index is -1.17. The molecule has 0 saturated carbocycles. The number of para-hydroxylation sites is 1. The fraction of sp³-hybridized carbons (Fsp3) is 0.280. The molecule has 1 aliphatic rings. The third-order valence-corrected chi connectivity index (χ3v) is 5.94. The zero-order chi connectivity index (χ0) is 24.1. The summed E-state index contributed by atoms with van der Waals surface area (Å²) in [4.78, 5) is 52.6. The van der Waals surface area contributed by atoms with Gasteiger partial charge in [-0.25, -0.2) is 4.79 Å². The van der Waals surface area contributed by atoms with E-state index in [1.165, 1.54) is 0 Å². The van der Waals surface area contributed by atoms with Crippen molar-refractivity contribution in [3.05, 3.63) is 71.9 Å². The summed E-state index contributed by atoms with van der Waals surface area (Å²) in [5.74, 6) is -2.46. The number of nitrogens with one attached hydrogen (secondary N) is 4. The first kappa shape index (κ1) is 23.0. The molecule has 0 unspecified atom stereocenters. The van der Waals surface area contributed by atoms with Crippen LogP contribution in [0.4, 0.5) is 0 Å². The van der Waals surface area contributed by atoms with E-state index in [0.29, 0.717) is 6.42 Å². The molecule has 1 aliphatic heterocycles. The number of aliphatic carboxylic acids is 1. The lowest BCUT2D eigenvalue weighted by Crippen LogP contribution is -2.55. The molecule has 3 aromatic rings. The summed E-state index contributed by atoms with van der Waals surface area (Å²) >= 11 is 0. The molecule has 3 amide bonds. The number of carboxylic acid groups (broad SMARTS) is 1. The first-order valence-corrected chi connectivity index (χ1v) is 11.1. The van der Waals surface area contributed by atoms with Crippen molar-refractivity contribution in [1.82, 2.24) is 20.9 Å². The summed E-state index contributed by atoms with van der Waals surface area (Å²) in [5.41, 5.74) is 2.46. The van der Waals surface area contributed by atoms with Crippen LogP contribution in [-0.2, 0) is 32.0 Å². The molecule has 9 nitrogen and oxygen atoms in total. The molecular weight excluding hydrogens is 436 g/mol. The van der Waals surface area contributed by atoms with Crippen LogP contribution in [0.1, 0.15) is 24.0 Å². The maximum Gasteiger partial charge on any atom is 0.326 e. The second-order valence-electron chi connectivity index (χ2n) is 8.37. The summed E-state index contributed by atoms with van der Waals surface area (Å²) < 4.78 is 0. The molecule has 0 aliphatic carbocycles. The predicted octanol–water partition coefficient (Wildman–Crippen LogP) is 1.29. The van der Waals surface area contributed by atoms with Gasteiger partial charge in [-0.1, -0.05) is 48.5 Å². The van der Waals surface area contributed by atoms with Crippen molar-refractivity contribution < 1.29 is 24.3 Å². The standard InChI is InChI=1S/C25H26N4O5/c30-22-11-10-19(27-22)23(31)28-20(13-16-14-26-18-9-5-4-8-17(16)18)24(32)29-21(25(33)34)12-15-6-2-1-3-7-15/h1-9,14,19-21,26H,10-13H2,(H,27,30)(H,28,31)(H,29,32)(H,33,34)/t19-,20+,21-/m0/s1. The number of H-pyrrole nitrogens is 1. The van der Waals surface area contributed by atoms with E-state index in [1.54, 1.807) is 30.5 Å². The normalized spacial score (nSPS) is 17.1. The van der Waals surface area contributed by atoms with Crippen LogP contribution in [-0.4, -0.2) is 51.9 Å². The number of aromatic nitrogens is 1. The zero-order valence-corrected chi connectivity index (χ0v) is 18.4. The quantitative estimate of drug-likeness (QED) is 0.326. The molecule has 0 bridgehead atoms. The summed E-state index contributed by atoms with van der Waals surface area (Å²) in [6.07, 6.45) is 2.62. The number of amides is 3. The van der Waals surface area contributed by atoms with Gasteiger partial charge in [0.25, 0.3) is 0 Å². The topological polar surface area (TPSA) is 140 Å². The number of carboxylic acids is 1. The molecule has 176 valence electrons. The van der Waals surface area contributed by atoms with E-state index in [1.807, 2.05) is 30.3 Å². The highest BCUT2D eigenvalue weighted by Crippen LogP contribution is 2.19. The van der Waals surface area contributed by atoms with Gasteiger partial charge in [-0.15, -0.1) is 0 Å². The van der Waals surface area contributed by atoms with Crippen molar-refractivity contribution in [2.24, 2.45) is 0 Å². The van der Waals surface area contributed by atoms with Gasteiger partial charge in [-0.05, 0) is 23.6 Å². The van der Waals surface area contributed by atoms with E-state index >= 15 is 0 Å². The molecule has 1 aromatic heterocycles. The molecule has 1 saturated heterocycles. The molecule has 0 radical (unpaired) electrons. The summed E-state index contributed by atoms with van der Waals surface area (Å²) in [6, 6.07) is 13.7. The number of carbonyl (C=O) groups is 4. The van der Waals surface area contributed by atoms with Crippen LogP contribution in [0.15, 0.2) is 60.8 Å². The lowest BCUT2D eigenvalue weighted by Gasteiger charge is -2.23. The Bertz CT molecular complexity index is 1210. The third kappa shape index (κ3) is 5.43. The van der Waals surface area contributed by atoms with Gasteiger partial charge in [-0.3, -0.25) is 14.4 Å². The first-order valence-electron chi connectivity index (χ1n) is 11.1. The van der Waals surface area contributed by atoms with E-state index in [-0.39, 0.29) is 25.2 Å². The maximum absolute atomic E-state index is 13.2. The van der Waals surface area contributed by atoms with Crippen LogP contribution in [0.25, 0.3) is 10.9 Å². The van der Waals surface area contributed by atoms with Crippen LogP contribution < -0.4 is 16.0 Å². The molecule has 2 aromatic carbocycles. The molecule has 1 fully saturated rings. The van der Waals surface area contributed by atoms with Crippen LogP contribution in [0, 0.1) is 0 Å². The molecule has 3 atom stereocenters. The number of benzene rings is 2. The van der Waals surface area contributed by atoms with Crippen molar-refractivity contribution in [2.45, 2.75) is 43.8 Å². The second-order valence-corrected chi connectivity index (χ2v) is 8.37. The number of fused-ring (bicyclic) bond motifs is 1. The van der Waals surface area contributed by atoms with Crippen molar-refractivity contribution in [1.29, 1.82) is 0 Å². The van der Waals surface area contributed by atoms with Gasteiger partial charge >= 0.3 is 5.97 Å². The molecule has 0 spiro atoms. The van der Waals surface area contributed by atoms with Crippen LogP contribution in [0.2, 0.25) is 0 Å². The Morgan fingerprint density at radius 3 is 2.41 bits per heavy atom. The first-order chi connectivity index (χ1) is 16.4. The number of aromatic amines is 1. The summed E-state index contributed by atoms with van der Waals surface area (Å²) in [5, 5.41) is 18.5. The number of rotatable bonds is 9. The van der Waals surface area contributed by atoms with Crippen LogP contribution in [0.3, 0.4) is 0 Å². The molecule has 4 rings (SSSR count). The van der Waals surface area contributed by atoms with Crippen LogP contribution >= 0.6 is 0 Å². The van der Waals surface area contributed by atoms with Crippen molar-refractivity contribution in [3.63, 3.8) is 0 Å². The molecule has 5 N–H and O–H groups in total. The maximum atomic E-state index is 13.2. The Labute approximate surface area is 195 Å². The minimum absolute atomic E-state index is 0.106. The SMILES string of the molecule is O=C1CC[C@@H](C(=O)N[C@H](Cc2c[nH]c3ccccc23)C(=O)N[C@@H](Cc2ccccc2)C(=O)O)N1. The van der Waals surface area contributed by atoms with Gasteiger partial charge in [0.1, 0.15) is 18.1 Å². The molecule has 9 heteroatoms. The molecule has 2 heterocycles. The van der Waals surface area contributed by atoms with Gasteiger partial charge in [-0.2, -0.15) is 0 Å². The summed E-state index contributed by atoms with van der Waals surface area (Å²) in [6.45, 7) is 0. The van der Waals surface area contributed by atoms with Gasteiger partial charge < -0.3 is 26.0 Å². The average Bonchev–Trinajstić information content (AvgIpc) is 3.45. The number of hydrogen-bond acceptors (Lipinski definition) is 4. The van der Waals surface area contributed by atoms with E-state index in [2.05, 4.69) is 20.9 Å². The Kier molecular flexibility index (Phi) is 6.91. The van der Waals surface area contributed by atoms with E-state index in [0.717, 1.165) is 22.0 Å². The zero-order valence-electron chi connectivity index (χ0n) is 18.4. The van der Waals surface area contributed by atoms with Gasteiger partial charge in [0.05, 0.1) is 0 Å². The average molecular weight is 463 g/mol. The lowest BCUT2D eigenvalue weighted by molar-refractivity contribution is -0.142. The van der Waals surface area contributed by atoms with Crippen molar-refractivity contribution >= 4 is 34.6 Å². The van der Waals surface area contributed by atoms with Gasteiger partial charge in [0, 0.05) is 36.4 Å². The molecular formula is C25H26N4O5. The van der Waals surface area contributed by atoms with Crippen molar-refractivity contribution in [3.8, 4) is 0 Å². The third-order valence-electron chi connectivity index (χ3n) is 5.94. The smallest absolute Gasteiger partial charge is 0.326 e. The number of hydrogen-bond donors (Lipinski definition) is 5. The van der Waals surface area contributed by atoms with E-state index in [4.69, 9.17) is 0 Å².